The first-order valence-corrected chi connectivity index (χ1v) is 26.7. The van der Waals surface area contributed by atoms with Crippen LogP contribution in [0.5, 0.6) is 0 Å². The minimum Gasteiger partial charge on any atom is -0.464 e. The van der Waals surface area contributed by atoms with Crippen molar-refractivity contribution in [2.24, 2.45) is 17.3 Å². The Morgan fingerprint density at radius 3 is 2.55 bits per heavy atom. The molecule has 0 aliphatic carbocycles. The number of nitrogens with one attached hydrogen (secondary N) is 2. The molecule has 0 radical (unpaired) electrons. The van der Waals surface area contributed by atoms with E-state index in [0.717, 1.165) is 44.7 Å². The Balaban J connectivity index is 1.07. The maximum Gasteiger partial charge on any atom is 0.324 e. The molecule has 5 amide bonds. The van der Waals surface area contributed by atoms with Crippen LogP contribution in [0.15, 0.2) is 41.9 Å². The number of cyclic esters (lactones) is 1. The number of benzene rings is 1. The number of esters is 1. The normalized spacial score (nSPS) is 22.1. The second-order valence-electron chi connectivity index (χ2n) is 22.1. The van der Waals surface area contributed by atoms with Gasteiger partial charge >= 0.3 is 12.0 Å². The van der Waals surface area contributed by atoms with E-state index in [1.807, 2.05) is 65.1 Å². The number of rotatable bonds is 9. The molecule has 2 N–H and O–H groups in total. The van der Waals surface area contributed by atoms with Gasteiger partial charge in [-0.15, -0.1) is 11.3 Å². The standard InChI is InChI=1S/C55H74N10O7S/c1-13-63-44-19-18-35-26-38(44)39(49(63)37-16-14-23-56-47(37)34(4)71-12)28-54(5,6)32-72-52(69)40-17-15-24-65(59-40)51(68)41(27-45-57-42(35)31-73-45)58-50(67)48(33(2)3)61(11)53(70)64-30-36-29-62(25-21-43(36)64)46(66)20-22-55(7,8)60(9)10/h14,16,18-19,23,26,31,33-34,36,40-41,43,48,59H,13,15,17,21,24-25,27-30,32H2,1-12H3,(H,58,67)/t34-,36+,40-,41?,43+,48-/m0/s1. The van der Waals surface area contributed by atoms with Gasteiger partial charge in [0, 0.05) is 104 Å². The summed E-state index contributed by atoms with van der Waals surface area (Å²) in [6, 6.07) is 7.29. The lowest BCUT2D eigenvalue weighted by molar-refractivity contribution is -0.155. The predicted octanol–water partition coefficient (Wildman–Crippen LogP) is 6.16. The quantitative estimate of drug-likeness (QED) is 0.145. The van der Waals surface area contributed by atoms with E-state index < -0.39 is 46.9 Å². The number of nitrogens with zero attached hydrogens (tertiary/aromatic N) is 8. The first-order valence-electron chi connectivity index (χ1n) is 25.8. The summed E-state index contributed by atoms with van der Waals surface area (Å²) in [5.74, 6) is 4.16. The summed E-state index contributed by atoms with van der Waals surface area (Å²) in [7, 11) is 7.18. The maximum atomic E-state index is 14.8. The Kier molecular flexibility index (Phi) is 15.8. The lowest BCUT2D eigenvalue weighted by Gasteiger charge is -2.54. The number of aryl methyl sites for hydroxylation is 1. The highest BCUT2D eigenvalue weighted by atomic mass is 32.1. The van der Waals surface area contributed by atoms with Gasteiger partial charge < -0.3 is 34.1 Å². The van der Waals surface area contributed by atoms with E-state index in [9.17, 15) is 24.0 Å². The summed E-state index contributed by atoms with van der Waals surface area (Å²) in [4.78, 5) is 87.8. The van der Waals surface area contributed by atoms with Crippen LogP contribution in [0, 0.1) is 29.1 Å². The highest BCUT2D eigenvalue weighted by Crippen LogP contribution is 2.42. The van der Waals surface area contributed by atoms with Gasteiger partial charge in [-0.2, -0.15) is 0 Å². The van der Waals surface area contributed by atoms with Crippen molar-refractivity contribution in [1.82, 2.24) is 49.9 Å². The third-order valence-electron chi connectivity index (χ3n) is 15.4. The number of thiazole rings is 1. The molecular weight excluding hydrogens is 945 g/mol. The molecular formula is C55H74N10O7S. The summed E-state index contributed by atoms with van der Waals surface area (Å²) >= 11 is 1.41. The van der Waals surface area contributed by atoms with Crippen LogP contribution < -0.4 is 10.7 Å². The van der Waals surface area contributed by atoms with Gasteiger partial charge in [0.25, 0.3) is 11.8 Å². The fourth-order valence-corrected chi connectivity index (χ4v) is 11.6. The van der Waals surface area contributed by atoms with Crippen LogP contribution in [0.4, 0.5) is 4.79 Å². The number of carbonyl (C=O) groups excluding carboxylic acids is 5. The molecule has 6 atom stereocenters. The highest BCUT2D eigenvalue weighted by molar-refractivity contribution is 7.10. The zero-order valence-corrected chi connectivity index (χ0v) is 45.5. The smallest absolute Gasteiger partial charge is 0.324 e. The third kappa shape index (κ3) is 11.0. The lowest BCUT2D eigenvalue weighted by Crippen LogP contribution is -2.68. The van der Waals surface area contributed by atoms with E-state index >= 15 is 0 Å². The fraction of sp³-hybridized carbons (Fsp3) is 0.582. The summed E-state index contributed by atoms with van der Waals surface area (Å²) in [6.07, 6.45) is 3.79. The Morgan fingerprint density at radius 1 is 1.08 bits per heavy atom. The molecule has 7 heterocycles. The topological polar surface area (TPSA) is 175 Å². The molecule has 1 aromatic carbocycles. The number of methoxy groups -OCH3 is 1. The molecule has 17 nitrogen and oxygen atoms in total. The van der Waals surface area contributed by atoms with Gasteiger partial charge in [0.05, 0.1) is 40.3 Å². The summed E-state index contributed by atoms with van der Waals surface area (Å²) in [5, 5.41) is 8.17. The molecule has 3 saturated heterocycles. The van der Waals surface area contributed by atoms with Crippen molar-refractivity contribution in [3.05, 3.63) is 58.2 Å². The second kappa shape index (κ2) is 21.5. The van der Waals surface area contributed by atoms with E-state index in [2.05, 4.69) is 72.2 Å². The van der Waals surface area contributed by atoms with Gasteiger partial charge in [-0.3, -0.25) is 34.1 Å². The number of hydrazine groups is 1. The van der Waals surface area contributed by atoms with Crippen LogP contribution in [0.25, 0.3) is 33.4 Å². The number of urea groups is 1. The molecule has 73 heavy (non-hydrogen) atoms. The molecule has 392 valence electrons. The Bertz CT molecular complexity index is 2810. The van der Waals surface area contributed by atoms with Crippen LogP contribution in [0.3, 0.4) is 0 Å². The number of ether oxygens (including phenoxy) is 2. The number of likely N-dealkylation sites (N-methyl/N-ethyl adjacent to an activating group) is 1. The molecule has 4 aliphatic heterocycles. The molecule has 0 saturated carbocycles. The molecule has 6 bridgehead atoms. The van der Waals surface area contributed by atoms with Gasteiger partial charge in [-0.25, -0.2) is 15.2 Å². The Labute approximate surface area is 434 Å². The molecule has 8 rings (SSSR count). The number of aromatic nitrogens is 3. The van der Waals surface area contributed by atoms with Gasteiger partial charge in [-0.05, 0) is 109 Å². The third-order valence-corrected chi connectivity index (χ3v) is 16.3. The van der Waals surface area contributed by atoms with Gasteiger partial charge in [0.2, 0.25) is 5.91 Å². The molecule has 4 aromatic rings. The van der Waals surface area contributed by atoms with Crippen molar-refractivity contribution in [2.45, 2.75) is 130 Å². The van der Waals surface area contributed by atoms with Crippen LogP contribution in [0.1, 0.15) is 97.0 Å². The van der Waals surface area contributed by atoms with Crippen LogP contribution in [-0.2, 0) is 48.0 Å². The summed E-state index contributed by atoms with van der Waals surface area (Å²) < 4.78 is 14.3. The van der Waals surface area contributed by atoms with E-state index in [-0.39, 0.29) is 48.9 Å². The lowest BCUT2D eigenvalue weighted by atomic mass is 9.82. The van der Waals surface area contributed by atoms with E-state index in [0.29, 0.717) is 63.4 Å². The van der Waals surface area contributed by atoms with Crippen LogP contribution in [-0.4, -0.2) is 160 Å². The fourth-order valence-electron chi connectivity index (χ4n) is 10.7. The van der Waals surface area contributed by atoms with Crippen molar-refractivity contribution < 1.29 is 33.4 Å². The van der Waals surface area contributed by atoms with Crippen molar-refractivity contribution in [3.8, 4) is 34.4 Å². The van der Waals surface area contributed by atoms with E-state index in [1.54, 1.807) is 30.2 Å². The average Bonchev–Trinajstić information content (AvgIpc) is 3.95. The molecule has 3 aromatic heterocycles. The number of fused-ring (bicyclic) bond motifs is 7. The number of likely N-dealkylation sites (tertiary alicyclic amines) is 2. The second-order valence-corrected chi connectivity index (χ2v) is 23.0. The highest BCUT2D eigenvalue weighted by Gasteiger charge is 2.48. The zero-order valence-electron chi connectivity index (χ0n) is 44.7. The Morgan fingerprint density at radius 2 is 1.85 bits per heavy atom. The molecule has 1 unspecified atom stereocenters. The maximum absolute atomic E-state index is 14.8. The summed E-state index contributed by atoms with van der Waals surface area (Å²) in [6.45, 7) is 18.6. The Hall–Kier alpha value is -5.87. The van der Waals surface area contributed by atoms with Crippen LogP contribution >= 0.6 is 11.3 Å². The number of hydrogen-bond donors (Lipinski definition) is 2. The SMILES string of the molecule is CCn1c(-c2cccnc2[C@H](C)OC)c2c3cc(ccc31)-c1csc(n1)CC(NC(=O)[C@H](C(C)C)N(C)C(=O)N1C[C@H]3CN(C(=O)C#CC(C)(C)N(C)C)CC[C@H]31)C(=O)N1CCC[C@H](N1)C(=O)OCC(C)(C)C2. The molecule has 0 spiro atoms. The number of carbonyl (C=O) groups is 5. The number of amides is 5. The van der Waals surface area contributed by atoms with Crippen molar-refractivity contribution >= 4 is 52.0 Å². The molecule has 18 heteroatoms. The van der Waals surface area contributed by atoms with Crippen molar-refractivity contribution in [3.63, 3.8) is 0 Å². The molecule has 4 aliphatic rings. The molecule has 3 fully saturated rings. The number of piperidine rings is 1. The number of pyridine rings is 1. The number of hydrogen-bond acceptors (Lipinski definition) is 12. The van der Waals surface area contributed by atoms with E-state index in [4.69, 9.17) is 19.4 Å². The van der Waals surface area contributed by atoms with Crippen molar-refractivity contribution in [1.29, 1.82) is 0 Å². The largest absolute Gasteiger partial charge is 0.464 e. The summed E-state index contributed by atoms with van der Waals surface area (Å²) in [5.41, 5.74) is 8.83. The monoisotopic (exact) mass is 1020 g/mol. The minimum atomic E-state index is -1.09. The van der Waals surface area contributed by atoms with Gasteiger partial charge in [0.15, 0.2) is 0 Å². The van der Waals surface area contributed by atoms with Gasteiger partial charge in [0.1, 0.15) is 18.1 Å². The van der Waals surface area contributed by atoms with E-state index in [1.165, 1.54) is 21.2 Å². The van der Waals surface area contributed by atoms with Crippen LogP contribution in [0.2, 0.25) is 0 Å². The average molecular weight is 1020 g/mol. The minimum absolute atomic E-state index is 0.0704. The first-order chi connectivity index (χ1) is 34.6. The predicted molar refractivity (Wildman–Crippen MR) is 282 cm³/mol. The van der Waals surface area contributed by atoms with Gasteiger partial charge in [-0.1, -0.05) is 39.7 Å². The zero-order chi connectivity index (χ0) is 52.7. The van der Waals surface area contributed by atoms with Crippen molar-refractivity contribution in [2.75, 3.05) is 61.0 Å². The first kappa shape index (κ1) is 53.4.